The quantitative estimate of drug-likeness (QED) is 0.189. The number of benzene rings is 2. The number of halogens is 1. The van der Waals surface area contributed by atoms with Crippen LogP contribution in [0.15, 0.2) is 70.4 Å². The number of ether oxygens (including phenoxy) is 2. The number of nitrogens with two attached hydrogens (primary N) is 1. The molecule has 13 nitrogen and oxygen atoms in total. The van der Waals surface area contributed by atoms with Crippen molar-refractivity contribution in [1.82, 2.24) is 24.8 Å². The van der Waals surface area contributed by atoms with Gasteiger partial charge in [0.15, 0.2) is 24.7 Å². The molecule has 1 fully saturated rings. The Morgan fingerprint density at radius 2 is 1.36 bits per heavy atom. The van der Waals surface area contributed by atoms with Gasteiger partial charge in [-0.2, -0.15) is 0 Å². The van der Waals surface area contributed by atoms with Crippen molar-refractivity contribution in [3.8, 4) is 11.5 Å². The zero-order valence-corrected chi connectivity index (χ0v) is 31.6. The molecule has 4 heterocycles. The number of carbonyl (C=O) groups excluding carboxylic acids is 2. The van der Waals surface area contributed by atoms with Crippen LogP contribution in [0.2, 0.25) is 5.02 Å². The van der Waals surface area contributed by atoms with E-state index in [9.17, 15) is 19.2 Å². The van der Waals surface area contributed by atoms with E-state index in [0.29, 0.717) is 29.0 Å². The summed E-state index contributed by atoms with van der Waals surface area (Å²) in [5.41, 5.74) is 9.36. The highest BCUT2D eigenvalue weighted by atomic mass is 35.5. The number of carbonyl (C=O) groups is 2. The van der Waals surface area contributed by atoms with Crippen LogP contribution in [0.25, 0.3) is 21.8 Å². The first-order valence-electron chi connectivity index (χ1n) is 17.4. The van der Waals surface area contributed by atoms with Crippen molar-refractivity contribution < 1.29 is 19.1 Å². The third-order valence-corrected chi connectivity index (χ3v) is 9.59. The molecule has 53 heavy (non-hydrogen) atoms. The Bertz CT molecular complexity index is 2260. The van der Waals surface area contributed by atoms with Crippen LogP contribution in [0.4, 0.5) is 11.5 Å². The standard InChI is InChI=1S/C26H31ClN4O3.C13H15N3O3/c1-16-7-17(2)14-31(13-16)24-11-19(21(27)12-29-24)8-18-5-6-22-20(9-18)10-23(26(33)30(22)4)34-15-25(32)28-3;1-15-12(17)7-19-11-6-8-5-9(14)3-4-10(8)16(2)13(11)18/h5-6,9-12,16-17H,7-8,13-15H2,1-4H3,(H,28,32);3-6H,7,14H2,1-2H3,(H,15,17)/t16-,17+;. The molecule has 6 rings (SSSR count). The van der Waals surface area contributed by atoms with Crippen LogP contribution in [0.1, 0.15) is 31.4 Å². The zero-order valence-electron chi connectivity index (χ0n) is 30.9. The Morgan fingerprint density at radius 3 is 1.91 bits per heavy atom. The van der Waals surface area contributed by atoms with E-state index in [1.54, 1.807) is 50.6 Å². The summed E-state index contributed by atoms with van der Waals surface area (Å²) in [6, 6.07) is 16.6. The molecule has 2 amide bonds. The number of amides is 2. The molecule has 0 saturated carbocycles. The fourth-order valence-electron chi connectivity index (χ4n) is 6.57. The van der Waals surface area contributed by atoms with Gasteiger partial charge in [-0.3, -0.25) is 19.2 Å². The number of nitrogens with zero attached hydrogens (tertiary/aromatic N) is 4. The van der Waals surface area contributed by atoms with Crippen molar-refractivity contribution in [2.75, 3.05) is 51.0 Å². The Kier molecular flexibility index (Phi) is 12.3. The van der Waals surface area contributed by atoms with Crippen molar-refractivity contribution in [2.45, 2.75) is 26.7 Å². The average molecular weight is 744 g/mol. The molecule has 1 aliphatic rings. The van der Waals surface area contributed by atoms with Crippen molar-refractivity contribution in [3.05, 3.63) is 97.7 Å². The molecule has 3 aromatic heterocycles. The maximum Gasteiger partial charge on any atom is 0.293 e. The van der Waals surface area contributed by atoms with Gasteiger partial charge in [-0.1, -0.05) is 31.5 Å². The van der Waals surface area contributed by atoms with Crippen LogP contribution in [0, 0.1) is 11.8 Å². The fraction of sp³-hybridized carbons (Fsp3) is 0.359. The molecule has 5 aromatic rings. The van der Waals surface area contributed by atoms with Crippen LogP contribution in [0.3, 0.4) is 0 Å². The summed E-state index contributed by atoms with van der Waals surface area (Å²) < 4.78 is 13.7. The maximum absolute atomic E-state index is 12.6. The van der Waals surface area contributed by atoms with Crippen molar-refractivity contribution >= 4 is 56.7 Å². The van der Waals surface area contributed by atoms with Crippen molar-refractivity contribution in [1.29, 1.82) is 0 Å². The highest BCUT2D eigenvalue weighted by Gasteiger charge is 2.23. The van der Waals surface area contributed by atoms with E-state index in [1.807, 2.05) is 18.2 Å². The van der Waals surface area contributed by atoms with Gasteiger partial charge in [-0.15, -0.1) is 0 Å². The lowest BCUT2D eigenvalue weighted by molar-refractivity contribution is -0.123. The number of fused-ring (bicyclic) bond motifs is 2. The normalized spacial score (nSPS) is 15.4. The lowest BCUT2D eigenvalue weighted by Gasteiger charge is -2.36. The lowest BCUT2D eigenvalue weighted by atomic mass is 9.92. The van der Waals surface area contributed by atoms with E-state index < -0.39 is 0 Å². The van der Waals surface area contributed by atoms with Crippen LogP contribution >= 0.6 is 11.6 Å². The van der Waals surface area contributed by atoms with E-state index in [-0.39, 0.29) is 47.6 Å². The number of aromatic nitrogens is 3. The number of nitrogens with one attached hydrogen (secondary N) is 2. The second-order valence-electron chi connectivity index (χ2n) is 13.5. The summed E-state index contributed by atoms with van der Waals surface area (Å²) in [5.74, 6) is 1.92. The van der Waals surface area contributed by atoms with Crippen LogP contribution in [-0.4, -0.2) is 66.3 Å². The van der Waals surface area contributed by atoms with Gasteiger partial charge in [0.2, 0.25) is 0 Å². The van der Waals surface area contributed by atoms with Gasteiger partial charge in [-0.25, -0.2) is 4.98 Å². The molecule has 0 radical (unpaired) electrons. The van der Waals surface area contributed by atoms with Gasteiger partial charge in [0.25, 0.3) is 22.9 Å². The molecule has 2 atom stereocenters. The Morgan fingerprint density at radius 1 is 0.830 bits per heavy atom. The fourth-order valence-corrected chi connectivity index (χ4v) is 6.74. The maximum atomic E-state index is 12.6. The van der Waals surface area contributed by atoms with Crippen LogP contribution in [-0.2, 0) is 30.1 Å². The summed E-state index contributed by atoms with van der Waals surface area (Å²) in [6.07, 6.45) is 3.62. The monoisotopic (exact) mass is 743 g/mol. The molecule has 2 aromatic carbocycles. The number of piperidine rings is 1. The van der Waals surface area contributed by atoms with Gasteiger partial charge in [0, 0.05) is 63.9 Å². The largest absolute Gasteiger partial charge is 0.478 e. The molecule has 4 N–H and O–H groups in total. The molecule has 14 heteroatoms. The number of hydrogen-bond acceptors (Lipinski definition) is 9. The number of aryl methyl sites for hydroxylation is 2. The number of hydrogen-bond donors (Lipinski definition) is 3. The Labute approximate surface area is 312 Å². The third-order valence-electron chi connectivity index (χ3n) is 9.25. The molecule has 1 aliphatic heterocycles. The molecular formula is C39H46ClN7O6. The van der Waals surface area contributed by atoms with Crippen LogP contribution in [0.5, 0.6) is 11.5 Å². The first-order valence-corrected chi connectivity index (χ1v) is 17.7. The third kappa shape index (κ3) is 9.28. The molecule has 0 spiro atoms. The predicted molar refractivity (Wildman–Crippen MR) is 209 cm³/mol. The zero-order chi connectivity index (χ0) is 38.4. The lowest BCUT2D eigenvalue weighted by Crippen LogP contribution is -2.39. The van der Waals surface area contributed by atoms with E-state index >= 15 is 0 Å². The minimum atomic E-state index is -0.297. The first kappa shape index (κ1) is 38.7. The first-order chi connectivity index (χ1) is 25.3. The highest BCUT2D eigenvalue weighted by molar-refractivity contribution is 6.31. The molecule has 1 saturated heterocycles. The summed E-state index contributed by atoms with van der Waals surface area (Å²) in [4.78, 5) is 54.3. The van der Waals surface area contributed by atoms with Crippen LogP contribution < -0.4 is 41.9 Å². The number of rotatable bonds is 9. The van der Waals surface area contributed by atoms with E-state index in [4.69, 9.17) is 26.8 Å². The summed E-state index contributed by atoms with van der Waals surface area (Å²) >= 11 is 6.53. The molecule has 0 bridgehead atoms. The number of likely N-dealkylation sites (N-methyl/N-ethyl adjacent to an activating group) is 2. The average Bonchev–Trinajstić information content (AvgIpc) is 3.13. The van der Waals surface area contributed by atoms with E-state index in [2.05, 4.69) is 40.4 Å². The summed E-state index contributed by atoms with van der Waals surface area (Å²) in [6.45, 7) is 6.17. The predicted octanol–water partition coefficient (Wildman–Crippen LogP) is 4.03. The minimum Gasteiger partial charge on any atom is -0.478 e. The number of anilines is 2. The van der Waals surface area contributed by atoms with Gasteiger partial charge in [-0.05, 0) is 84.3 Å². The van der Waals surface area contributed by atoms with E-state index in [0.717, 1.165) is 51.8 Å². The Balaban J connectivity index is 0.000000241. The topological polar surface area (TPSA) is 163 Å². The molecule has 280 valence electrons. The number of pyridine rings is 3. The minimum absolute atomic E-state index is 0.129. The van der Waals surface area contributed by atoms with Gasteiger partial charge in [0.05, 0.1) is 16.1 Å². The Hall–Kier alpha value is -5.56. The van der Waals surface area contributed by atoms with E-state index in [1.165, 1.54) is 29.7 Å². The molecule has 0 unspecified atom stereocenters. The highest BCUT2D eigenvalue weighted by Crippen LogP contribution is 2.29. The van der Waals surface area contributed by atoms with Crippen molar-refractivity contribution in [2.24, 2.45) is 25.9 Å². The smallest absolute Gasteiger partial charge is 0.293 e. The molecular weight excluding hydrogens is 698 g/mol. The number of nitrogen functional groups attached to an aromatic ring is 1. The summed E-state index contributed by atoms with van der Waals surface area (Å²) in [7, 11) is 6.38. The van der Waals surface area contributed by atoms with Gasteiger partial charge >= 0.3 is 0 Å². The van der Waals surface area contributed by atoms with Gasteiger partial charge < -0.3 is 39.9 Å². The molecule has 0 aliphatic carbocycles. The second-order valence-corrected chi connectivity index (χ2v) is 13.9. The summed E-state index contributed by atoms with van der Waals surface area (Å²) in [5, 5.41) is 7.19. The SMILES string of the molecule is CNC(=O)COc1cc2cc(Cc3cc(N4C[C@H](C)C[C@H](C)C4)ncc3Cl)ccc2n(C)c1=O.CNC(=O)COc1cc2cc(N)ccc2n(C)c1=O. The van der Waals surface area contributed by atoms with Crippen molar-refractivity contribution in [3.63, 3.8) is 0 Å². The second kappa shape index (κ2) is 16.8. The van der Waals surface area contributed by atoms with Gasteiger partial charge in [0.1, 0.15) is 5.82 Å².